The molecule has 1 aliphatic rings. The van der Waals surface area contributed by atoms with Crippen LogP contribution in [0.1, 0.15) is 30.0 Å². The van der Waals surface area contributed by atoms with Crippen LogP contribution < -0.4 is 14.8 Å². The number of benzene rings is 2. The minimum absolute atomic E-state index is 0.00161. The van der Waals surface area contributed by atoms with Crippen LogP contribution in [-0.2, 0) is 26.0 Å². The molecule has 2 aromatic rings. The van der Waals surface area contributed by atoms with Crippen molar-refractivity contribution in [3.63, 3.8) is 0 Å². The average molecular weight is 419 g/mol. The van der Waals surface area contributed by atoms with Crippen molar-refractivity contribution in [2.24, 2.45) is 0 Å². The second-order valence-corrected chi connectivity index (χ2v) is 8.63. The lowest BCUT2D eigenvalue weighted by molar-refractivity contribution is -0.124. The molecule has 3 rings (SSSR count). The van der Waals surface area contributed by atoms with Crippen LogP contribution in [0.4, 0.5) is 0 Å². The Balaban J connectivity index is 1.52. The zero-order valence-corrected chi connectivity index (χ0v) is 17.2. The lowest BCUT2D eigenvalue weighted by Crippen LogP contribution is -2.34. The van der Waals surface area contributed by atoms with Crippen molar-refractivity contribution in [1.29, 1.82) is 0 Å². The third-order valence-corrected chi connectivity index (χ3v) is 6.28. The number of amides is 1. The molecule has 2 aromatic carbocycles. The molecule has 0 spiro atoms. The Bertz CT molecular complexity index is 928. The Morgan fingerprint density at radius 1 is 1.14 bits per heavy atom. The van der Waals surface area contributed by atoms with Crippen molar-refractivity contribution in [1.82, 2.24) is 10.0 Å². The maximum absolute atomic E-state index is 12.3. The third-order valence-electron chi connectivity index (χ3n) is 4.81. The Morgan fingerprint density at radius 3 is 2.66 bits per heavy atom. The highest BCUT2D eigenvalue weighted by atomic mass is 32.2. The zero-order chi connectivity index (χ0) is 20.7. The summed E-state index contributed by atoms with van der Waals surface area (Å²) in [5, 5.41) is 3.03. The molecule has 1 aliphatic carbocycles. The van der Waals surface area contributed by atoms with Gasteiger partial charge in [0.25, 0.3) is 5.91 Å². The number of carbonyl (C=O) groups excluding carboxylic acids is 1. The number of carbonyl (C=O) groups is 1. The maximum Gasteiger partial charge on any atom is 0.258 e. The van der Waals surface area contributed by atoms with Crippen LogP contribution >= 0.6 is 0 Å². The summed E-state index contributed by atoms with van der Waals surface area (Å²) in [6.45, 7) is 0.361. The topological polar surface area (TPSA) is 93.7 Å². The molecule has 2 N–H and O–H groups in total. The van der Waals surface area contributed by atoms with E-state index >= 15 is 0 Å². The highest BCUT2D eigenvalue weighted by Crippen LogP contribution is 2.29. The minimum atomic E-state index is -3.59. The van der Waals surface area contributed by atoms with Gasteiger partial charge in [-0.1, -0.05) is 24.3 Å². The standard InChI is InChI=1S/C21H26N2O5S/c1-27-14-13-22-29(25,26)18-11-9-17(10-12-18)28-15-21(24)23-20-8-4-6-16-5-2-3-7-19(16)20/h2-3,5,7,9-12,20,22H,4,6,8,13-15H2,1H3,(H,23,24). The van der Waals surface area contributed by atoms with Gasteiger partial charge in [0, 0.05) is 13.7 Å². The molecule has 0 heterocycles. The van der Waals surface area contributed by atoms with Gasteiger partial charge < -0.3 is 14.8 Å². The number of hydrogen-bond donors (Lipinski definition) is 2. The molecule has 0 aliphatic heterocycles. The fourth-order valence-corrected chi connectivity index (χ4v) is 4.38. The summed E-state index contributed by atoms with van der Waals surface area (Å²) >= 11 is 0. The van der Waals surface area contributed by atoms with Crippen molar-refractivity contribution in [2.45, 2.75) is 30.2 Å². The van der Waals surface area contributed by atoms with Gasteiger partial charge in [-0.2, -0.15) is 0 Å². The van der Waals surface area contributed by atoms with Crippen LogP contribution in [0.2, 0.25) is 0 Å². The van der Waals surface area contributed by atoms with E-state index in [1.165, 1.54) is 42.5 Å². The molecule has 0 radical (unpaired) electrons. The summed E-state index contributed by atoms with van der Waals surface area (Å²) in [6.07, 6.45) is 2.98. The fourth-order valence-electron chi connectivity index (χ4n) is 3.37. The molecule has 1 atom stereocenters. The Labute approximate surface area is 171 Å². The minimum Gasteiger partial charge on any atom is -0.484 e. The van der Waals surface area contributed by atoms with Gasteiger partial charge >= 0.3 is 0 Å². The monoisotopic (exact) mass is 418 g/mol. The zero-order valence-electron chi connectivity index (χ0n) is 16.4. The van der Waals surface area contributed by atoms with E-state index in [1.807, 2.05) is 12.1 Å². The normalized spacial score (nSPS) is 16.1. The maximum atomic E-state index is 12.3. The Hall–Kier alpha value is -2.42. The molecule has 0 saturated heterocycles. The molecule has 0 aromatic heterocycles. The van der Waals surface area contributed by atoms with Gasteiger partial charge in [-0.15, -0.1) is 0 Å². The molecule has 1 unspecified atom stereocenters. The van der Waals surface area contributed by atoms with Crippen molar-refractivity contribution >= 4 is 15.9 Å². The molecule has 7 nitrogen and oxygen atoms in total. The largest absolute Gasteiger partial charge is 0.484 e. The third kappa shape index (κ3) is 5.79. The van der Waals surface area contributed by atoms with Crippen molar-refractivity contribution in [3.8, 4) is 5.75 Å². The van der Waals surface area contributed by atoms with E-state index in [0.29, 0.717) is 12.4 Å². The molecule has 0 bridgehead atoms. The smallest absolute Gasteiger partial charge is 0.258 e. The fraction of sp³-hybridized carbons (Fsp3) is 0.381. The van der Waals surface area contributed by atoms with Crippen LogP contribution in [0, 0.1) is 0 Å². The van der Waals surface area contributed by atoms with Gasteiger partial charge in [-0.3, -0.25) is 4.79 Å². The number of ether oxygens (including phenoxy) is 2. The number of hydrogen-bond acceptors (Lipinski definition) is 5. The van der Waals surface area contributed by atoms with E-state index in [2.05, 4.69) is 22.2 Å². The number of aryl methyl sites for hydroxylation is 1. The molecule has 29 heavy (non-hydrogen) atoms. The summed E-state index contributed by atoms with van der Waals surface area (Å²) in [4.78, 5) is 12.4. The first-order valence-electron chi connectivity index (χ1n) is 9.58. The Morgan fingerprint density at radius 2 is 1.90 bits per heavy atom. The summed E-state index contributed by atoms with van der Waals surface area (Å²) in [5.74, 6) is 0.227. The van der Waals surface area contributed by atoms with Crippen molar-refractivity contribution < 1.29 is 22.7 Å². The van der Waals surface area contributed by atoms with E-state index in [9.17, 15) is 13.2 Å². The number of methoxy groups -OCH3 is 1. The van der Waals surface area contributed by atoms with Crippen LogP contribution in [0.3, 0.4) is 0 Å². The van der Waals surface area contributed by atoms with Crippen LogP contribution in [0.5, 0.6) is 5.75 Å². The first-order valence-corrected chi connectivity index (χ1v) is 11.1. The van der Waals surface area contributed by atoms with E-state index in [-0.39, 0.29) is 30.0 Å². The van der Waals surface area contributed by atoms with Gasteiger partial charge in [-0.05, 0) is 54.7 Å². The summed E-state index contributed by atoms with van der Waals surface area (Å²) in [7, 11) is -2.09. The van der Waals surface area contributed by atoms with Gasteiger partial charge in [0.15, 0.2) is 6.61 Å². The van der Waals surface area contributed by atoms with E-state index < -0.39 is 10.0 Å². The van der Waals surface area contributed by atoms with Gasteiger partial charge in [-0.25, -0.2) is 13.1 Å². The second kappa shape index (κ2) is 9.87. The van der Waals surface area contributed by atoms with Crippen molar-refractivity contribution in [2.75, 3.05) is 26.9 Å². The highest BCUT2D eigenvalue weighted by Gasteiger charge is 2.21. The lowest BCUT2D eigenvalue weighted by Gasteiger charge is -2.26. The second-order valence-electron chi connectivity index (χ2n) is 6.86. The van der Waals surface area contributed by atoms with Crippen LogP contribution in [-0.4, -0.2) is 41.2 Å². The lowest BCUT2D eigenvalue weighted by atomic mass is 9.88. The molecule has 0 saturated carbocycles. The number of sulfonamides is 1. The van der Waals surface area contributed by atoms with Gasteiger partial charge in [0.05, 0.1) is 17.5 Å². The predicted octanol–water partition coefficient (Wildman–Crippen LogP) is 2.18. The molecular weight excluding hydrogens is 392 g/mol. The van der Waals surface area contributed by atoms with Crippen LogP contribution in [0.25, 0.3) is 0 Å². The van der Waals surface area contributed by atoms with E-state index in [4.69, 9.17) is 9.47 Å². The average Bonchev–Trinajstić information content (AvgIpc) is 2.73. The summed E-state index contributed by atoms with van der Waals surface area (Å²) < 4.78 is 37.1. The predicted molar refractivity (Wildman–Crippen MR) is 109 cm³/mol. The first kappa shape index (κ1) is 21.3. The molecule has 0 fully saturated rings. The van der Waals surface area contributed by atoms with Gasteiger partial charge in [0.2, 0.25) is 10.0 Å². The van der Waals surface area contributed by atoms with E-state index in [0.717, 1.165) is 19.3 Å². The molecule has 1 amide bonds. The summed E-state index contributed by atoms with van der Waals surface area (Å²) in [6, 6.07) is 14.1. The number of rotatable bonds is 9. The SMILES string of the molecule is COCCNS(=O)(=O)c1ccc(OCC(=O)NC2CCCc3ccccc32)cc1. The highest BCUT2D eigenvalue weighted by molar-refractivity contribution is 7.89. The molecule has 156 valence electrons. The van der Waals surface area contributed by atoms with Gasteiger partial charge in [0.1, 0.15) is 5.75 Å². The molecule has 8 heteroatoms. The molecular formula is C21H26N2O5S. The van der Waals surface area contributed by atoms with Crippen molar-refractivity contribution in [3.05, 3.63) is 59.7 Å². The number of nitrogens with one attached hydrogen (secondary N) is 2. The quantitative estimate of drug-likeness (QED) is 0.609. The van der Waals surface area contributed by atoms with E-state index in [1.54, 1.807) is 0 Å². The first-order chi connectivity index (χ1) is 14.0. The number of fused-ring (bicyclic) bond motifs is 1. The Kier molecular flexibility index (Phi) is 7.24. The summed E-state index contributed by atoms with van der Waals surface area (Å²) in [5.41, 5.74) is 2.45. The van der Waals surface area contributed by atoms with Crippen LogP contribution in [0.15, 0.2) is 53.4 Å².